The van der Waals surface area contributed by atoms with Crippen LogP contribution in [0.3, 0.4) is 0 Å². The lowest BCUT2D eigenvalue weighted by molar-refractivity contribution is -0.123. The van der Waals surface area contributed by atoms with E-state index in [4.69, 9.17) is 0 Å². The van der Waals surface area contributed by atoms with Crippen molar-refractivity contribution in [2.45, 2.75) is 34.6 Å². The smallest absolute Gasteiger partial charge is 0.264 e. The third kappa shape index (κ3) is 4.55. The summed E-state index contributed by atoms with van der Waals surface area (Å²) in [5.41, 5.74) is 2.91. The number of anilines is 2. The van der Waals surface area contributed by atoms with Gasteiger partial charge in [-0.1, -0.05) is 32.9 Å². The minimum Gasteiger partial charge on any atom is -0.368 e. The quantitative estimate of drug-likeness (QED) is 0.837. The molecule has 0 spiro atoms. The molecule has 2 amide bonds. The van der Waals surface area contributed by atoms with Gasteiger partial charge >= 0.3 is 0 Å². The van der Waals surface area contributed by atoms with Crippen LogP contribution in [0.4, 0.5) is 10.7 Å². The van der Waals surface area contributed by atoms with Gasteiger partial charge in [-0.2, -0.15) is 0 Å². The van der Waals surface area contributed by atoms with E-state index in [0.29, 0.717) is 18.0 Å². The van der Waals surface area contributed by atoms with Crippen LogP contribution in [0.2, 0.25) is 0 Å². The zero-order valence-corrected chi connectivity index (χ0v) is 18.2. The van der Waals surface area contributed by atoms with Crippen molar-refractivity contribution in [3.63, 3.8) is 0 Å². The van der Waals surface area contributed by atoms with Crippen LogP contribution < -0.4 is 10.2 Å². The Hall–Kier alpha value is -2.34. The average molecular weight is 400 g/mol. The monoisotopic (exact) mass is 399 g/mol. The summed E-state index contributed by atoms with van der Waals surface area (Å²) in [7, 11) is 0. The number of hydrogen-bond acceptors (Lipinski definition) is 4. The molecular weight excluding hydrogens is 370 g/mol. The van der Waals surface area contributed by atoms with Crippen molar-refractivity contribution >= 4 is 33.8 Å². The lowest BCUT2D eigenvalue weighted by Gasteiger charge is -2.36. The molecule has 0 saturated carbocycles. The van der Waals surface area contributed by atoms with Crippen LogP contribution in [-0.2, 0) is 4.79 Å². The van der Waals surface area contributed by atoms with E-state index in [1.807, 2.05) is 38.7 Å². The number of hydrogen-bond donors (Lipinski definition) is 1. The fourth-order valence-electron chi connectivity index (χ4n) is 3.19. The Labute approximate surface area is 171 Å². The first kappa shape index (κ1) is 20.4. The van der Waals surface area contributed by atoms with Crippen molar-refractivity contribution in [3.8, 4) is 0 Å². The zero-order valence-electron chi connectivity index (χ0n) is 17.3. The molecule has 150 valence electrons. The van der Waals surface area contributed by atoms with Crippen LogP contribution in [0.25, 0.3) is 0 Å². The van der Waals surface area contributed by atoms with E-state index in [9.17, 15) is 9.59 Å². The molecule has 2 heterocycles. The number of amides is 2. The summed E-state index contributed by atoms with van der Waals surface area (Å²) in [6, 6.07) is 10.4. The van der Waals surface area contributed by atoms with E-state index in [2.05, 4.69) is 41.4 Å². The largest absolute Gasteiger partial charge is 0.368 e. The minimum absolute atomic E-state index is 0.0421. The fourth-order valence-corrected chi connectivity index (χ4v) is 4.23. The van der Waals surface area contributed by atoms with E-state index in [1.54, 1.807) is 0 Å². The molecule has 1 aliphatic heterocycles. The molecule has 0 aliphatic carbocycles. The van der Waals surface area contributed by atoms with Crippen LogP contribution in [0.5, 0.6) is 0 Å². The molecule has 0 bridgehead atoms. The van der Waals surface area contributed by atoms with E-state index in [-0.39, 0.29) is 11.8 Å². The Balaban J connectivity index is 1.64. The summed E-state index contributed by atoms with van der Waals surface area (Å²) >= 11 is 1.37. The van der Waals surface area contributed by atoms with Gasteiger partial charge < -0.3 is 15.1 Å². The number of carbonyl (C=O) groups excluding carboxylic acids is 2. The van der Waals surface area contributed by atoms with Crippen molar-refractivity contribution in [1.82, 2.24) is 4.90 Å². The summed E-state index contributed by atoms with van der Waals surface area (Å²) in [6.07, 6.45) is 0. The zero-order chi connectivity index (χ0) is 20.5. The van der Waals surface area contributed by atoms with Crippen LogP contribution in [0.1, 0.15) is 41.6 Å². The highest BCUT2D eigenvalue weighted by atomic mass is 32.1. The Morgan fingerprint density at radius 1 is 1.04 bits per heavy atom. The topological polar surface area (TPSA) is 52.6 Å². The fraction of sp³-hybridized carbons (Fsp3) is 0.455. The van der Waals surface area contributed by atoms with Gasteiger partial charge in [0.2, 0.25) is 5.91 Å². The summed E-state index contributed by atoms with van der Waals surface area (Å²) < 4.78 is 0. The number of nitrogens with one attached hydrogen (secondary N) is 1. The summed E-state index contributed by atoms with van der Waals surface area (Å²) in [6.45, 7) is 12.7. The highest BCUT2D eigenvalue weighted by molar-refractivity contribution is 7.18. The van der Waals surface area contributed by atoms with Gasteiger partial charge in [0.1, 0.15) is 0 Å². The number of carbonyl (C=O) groups is 2. The van der Waals surface area contributed by atoms with E-state index >= 15 is 0 Å². The molecular formula is C22H29N3O2S. The van der Waals surface area contributed by atoms with Gasteiger partial charge in [-0.3, -0.25) is 9.59 Å². The number of rotatable bonds is 3. The van der Waals surface area contributed by atoms with Gasteiger partial charge in [-0.15, -0.1) is 11.3 Å². The number of thiophene rings is 1. The SMILES string of the molecule is Cc1cccc(N2CCN(C(=O)c3sc(NC(=O)C(C)(C)C)cc3C)CC2)c1. The molecule has 1 aromatic heterocycles. The van der Waals surface area contributed by atoms with Gasteiger partial charge in [0.15, 0.2) is 0 Å². The Morgan fingerprint density at radius 2 is 1.71 bits per heavy atom. The molecule has 3 rings (SSSR count). The lowest BCUT2D eigenvalue weighted by atomic mass is 9.96. The lowest BCUT2D eigenvalue weighted by Crippen LogP contribution is -2.48. The molecule has 1 fully saturated rings. The Bertz CT molecular complexity index is 874. The molecule has 1 aromatic carbocycles. The van der Waals surface area contributed by atoms with Gasteiger partial charge in [-0.05, 0) is 43.2 Å². The molecule has 0 radical (unpaired) electrons. The first-order valence-corrected chi connectivity index (χ1v) is 10.5. The summed E-state index contributed by atoms with van der Waals surface area (Å²) in [5, 5.41) is 3.67. The van der Waals surface area contributed by atoms with Crippen molar-refractivity contribution in [2.24, 2.45) is 5.41 Å². The molecule has 1 saturated heterocycles. The van der Waals surface area contributed by atoms with Crippen LogP contribution in [0.15, 0.2) is 30.3 Å². The van der Waals surface area contributed by atoms with E-state index in [1.165, 1.54) is 22.6 Å². The summed E-state index contributed by atoms with van der Waals surface area (Å²) in [5.74, 6) is 0.0159. The third-order valence-corrected chi connectivity index (χ3v) is 6.10. The maximum atomic E-state index is 13.0. The predicted octanol–water partition coefficient (Wildman–Crippen LogP) is 4.31. The van der Waals surface area contributed by atoms with Crippen LogP contribution in [0, 0.1) is 19.3 Å². The molecule has 1 N–H and O–H groups in total. The molecule has 1 aliphatic rings. The van der Waals surface area contributed by atoms with Crippen LogP contribution in [-0.4, -0.2) is 42.9 Å². The Morgan fingerprint density at radius 3 is 2.32 bits per heavy atom. The average Bonchev–Trinajstić information content (AvgIpc) is 3.00. The van der Waals surface area contributed by atoms with Gasteiger partial charge in [0.05, 0.1) is 9.88 Å². The van der Waals surface area contributed by atoms with Crippen molar-refractivity contribution in [1.29, 1.82) is 0 Å². The maximum absolute atomic E-state index is 13.0. The van der Waals surface area contributed by atoms with Crippen molar-refractivity contribution in [2.75, 3.05) is 36.4 Å². The first-order chi connectivity index (χ1) is 13.1. The van der Waals surface area contributed by atoms with Gasteiger partial charge in [0.25, 0.3) is 5.91 Å². The standard InChI is InChI=1S/C22H29N3O2S/c1-15-7-6-8-17(13-15)24-9-11-25(12-10-24)20(26)19-16(2)14-18(28-19)23-21(27)22(3,4)5/h6-8,13-14H,9-12H2,1-5H3,(H,23,27). The molecule has 0 atom stereocenters. The second-order valence-electron chi connectivity index (χ2n) is 8.45. The van der Waals surface area contributed by atoms with Gasteiger partial charge in [0, 0.05) is 37.3 Å². The minimum atomic E-state index is -0.464. The third-order valence-electron chi connectivity index (χ3n) is 4.96. The van der Waals surface area contributed by atoms with E-state index < -0.39 is 5.41 Å². The highest BCUT2D eigenvalue weighted by Gasteiger charge is 2.26. The second kappa shape index (κ2) is 7.95. The highest BCUT2D eigenvalue weighted by Crippen LogP contribution is 2.30. The summed E-state index contributed by atoms with van der Waals surface area (Å²) in [4.78, 5) is 30.2. The molecule has 5 nitrogen and oxygen atoms in total. The molecule has 6 heteroatoms. The number of benzene rings is 1. The first-order valence-electron chi connectivity index (χ1n) is 9.68. The predicted molar refractivity (Wildman–Crippen MR) is 116 cm³/mol. The maximum Gasteiger partial charge on any atom is 0.264 e. The molecule has 0 unspecified atom stereocenters. The number of aryl methyl sites for hydroxylation is 2. The van der Waals surface area contributed by atoms with Crippen LogP contribution >= 0.6 is 11.3 Å². The number of nitrogens with zero attached hydrogens (tertiary/aromatic N) is 2. The van der Waals surface area contributed by atoms with E-state index in [0.717, 1.165) is 23.7 Å². The normalized spacial score (nSPS) is 14.9. The molecule has 2 aromatic rings. The Kier molecular flexibility index (Phi) is 5.79. The molecule has 28 heavy (non-hydrogen) atoms. The number of piperazine rings is 1. The second-order valence-corrected chi connectivity index (χ2v) is 9.50. The van der Waals surface area contributed by atoms with Crippen molar-refractivity contribution in [3.05, 3.63) is 46.3 Å². The van der Waals surface area contributed by atoms with Crippen molar-refractivity contribution < 1.29 is 9.59 Å². The van der Waals surface area contributed by atoms with Gasteiger partial charge in [-0.25, -0.2) is 0 Å².